The Morgan fingerprint density at radius 1 is 0.327 bits per heavy atom. The molecule has 11 aromatic carbocycles. The van der Waals surface area contributed by atoms with Crippen LogP contribution >= 0.6 is 0 Å². The van der Waals surface area contributed by atoms with Gasteiger partial charge in [0.15, 0.2) is 11.5 Å². The van der Waals surface area contributed by atoms with Crippen molar-refractivity contribution in [1.29, 1.82) is 0 Å². The normalized spacial score (nSPS) is 12.8. The van der Waals surface area contributed by atoms with Crippen molar-refractivity contribution in [2.24, 2.45) is 40.9 Å². The highest BCUT2D eigenvalue weighted by molar-refractivity contribution is 7.93. The van der Waals surface area contributed by atoms with Gasteiger partial charge >= 0.3 is 0 Å². The molecule has 0 unspecified atom stereocenters. The Morgan fingerprint density at radius 3 is 0.878 bits per heavy atom. The first-order chi connectivity index (χ1) is 46.3. The summed E-state index contributed by atoms with van der Waals surface area (Å²) in [6.07, 6.45) is 0. The number of nitrogen functional groups attached to an aromatic ring is 2. The van der Waals surface area contributed by atoms with E-state index in [1.54, 1.807) is 50.2 Å². The Morgan fingerprint density at radius 2 is 0.592 bits per heavy atom. The van der Waals surface area contributed by atoms with Gasteiger partial charge in [0.1, 0.15) is 32.5 Å². The van der Waals surface area contributed by atoms with E-state index >= 15 is 0 Å². The zero-order valence-electron chi connectivity index (χ0n) is 50.5. The first kappa shape index (κ1) is 68.2. The average molecular weight is 1440 g/mol. The van der Waals surface area contributed by atoms with Crippen LogP contribution in [0.1, 0.15) is 11.1 Å². The minimum Gasteiger partial charge on any atom is -0.505 e. The second-order valence-corrected chi connectivity index (χ2v) is 31.4. The van der Waals surface area contributed by atoms with Crippen LogP contribution < -0.4 is 20.9 Å². The van der Waals surface area contributed by atoms with E-state index in [9.17, 15) is 69.8 Å². The maximum Gasteiger partial charge on any atom is 0.296 e. The third kappa shape index (κ3) is 14.2. The smallest absolute Gasteiger partial charge is 0.296 e. The van der Waals surface area contributed by atoms with Gasteiger partial charge in [-0.1, -0.05) is 36.4 Å². The van der Waals surface area contributed by atoms with Gasteiger partial charge in [0.05, 0.1) is 74.3 Å². The third-order valence-electron chi connectivity index (χ3n) is 14.8. The van der Waals surface area contributed by atoms with Crippen molar-refractivity contribution in [3.05, 3.63) is 217 Å². The molecule has 0 saturated heterocycles. The van der Waals surface area contributed by atoms with Gasteiger partial charge in [0, 0.05) is 11.4 Å². The van der Waals surface area contributed by atoms with Crippen LogP contribution in [0.3, 0.4) is 0 Å². The number of azo groups is 4. The van der Waals surface area contributed by atoms with Crippen molar-refractivity contribution in [1.82, 2.24) is 0 Å². The van der Waals surface area contributed by atoms with Crippen LogP contribution in [0, 0.1) is 13.8 Å². The monoisotopic (exact) mass is 1430 g/mol. The highest BCUT2D eigenvalue weighted by Gasteiger charge is 2.28. The summed E-state index contributed by atoms with van der Waals surface area (Å²) in [5, 5.41) is 55.6. The van der Waals surface area contributed by atoms with Gasteiger partial charge in [-0.25, -0.2) is 33.7 Å². The molecule has 498 valence electrons. The number of fused-ring (bicyclic) bond motifs is 2. The van der Waals surface area contributed by atoms with Crippen LogP contribution in [0.15, 0.2) is 286 Å². The molecular formula is C64H50N12O16S6. The summed E-state index contributed by atoms with van der Waals surface area (Å²) >= 11 is 0. The van der Waals surface area contributed by atoms with E-state index in [4.69, 9.17) is 11.5 Å². The standard InChI is InChI=1S/C64H50N12O16S6/c1-37-33-39-35-53(97(87,88)89)61(63(77)55(39)57(65)59(37)71-67-41-17-25-49(26-18-41)93(79,80)47-9-5-3-6-10-47)73-69-43-21-29-51(30-22-43)95(83,84)75-45-13-15-46(16-14-45)76-96(85,86)52-31-23-44(24-32-52)70-74-62-54(98(90,91)92)36-40-34-38(2)60(58(66)56(40)64(62)78)72-68-42-19-27-50(28-20-42)94(81,82)48-11-7-4-8-12-48/h3-36,75-78H,65-66H2,1-2H3,(H,87,88,89)(H,90,91,92). The molecular weight excluding hydrogens is 1390 g/mol. The van der Waals surface area contributed by atoms with E-state index in [2.05, 4.69) is 50.4 Å². The summed E-state index contributed by atoms with van der Waals surface area (Å²) in [6.45, 7) is 3.16. The molecule has 0 bridgehead atoms. The van der Waals surface area contributed by atoms with E-state index in [0.29, 0.717) is 11.1 Å². The van der Waals surface area contributed by atoms with Gasteiger partial charge in [-0.05, 0) is 206 Å². The third-order valence-corrected chi connectivity index (χ3v) is 22.9. The van der Waals surface area contributed by atoms with Crippen molar-refractivity contribution in [3.63, 3.8) is 0 Å². The summed E-state index contributed by atoms with van der Waals surface area (Å²) < 4.78 is 182. The van der Waals surface area contributed by atoms with E-state index in [-0.39, 0.29) is 108 Å². The van der Waals surface area contributed by atoms with Crippen molar-refractivity contribution in [3.8, 4) is 11.5 Å². The zero-order chi connectivity index (χ0) is 70.3. The highest BCUT2D eigenvalue weighted by atomic mass is 32.2. The molecule has 0 aliphatic rings. The molecule has 11 rings (SSSR count). The lowest BCUT2D eigenvalue weighted by atomic mass is 10.0. The molecule has 10 N–H and O–H groups in total. The molecule has 28 nitrogen and oxygen atoms in total. The van der Waals surface area contributed by atoms with Crippen LogP contribution in [0.2, 0.25) is 0 Å². The molecule has 34 heteroatoms. The Kier molecular flexibility index (Phi) is 18.4. The number of phenolic OH excluding ortho intramolecular Hbond substituents is 2. The van der Waals surface area contributed by atoms with E-state index in [1.165, 1.54) is 133 Å². The number of rotatable bonds is 20. The number of nitrogens with two attached hydrogens (primary N) is 2. The summed E-state index contributed by atoms with van der Waals surface area (Å²) in [7, 11) is -26.5. The predicted octanol–water partition coefficient (Wildman–Crippen LogP) is 14.6. The largest absolute Gasteiger partial charge is 0.505 e. The van der Waals surface area contributed by atoms with Crippen LogP contribution in [0.5, 0.6) is 11.5 Å². The molecule has 0 aromatic heterocycles. The first-order valence-electron chi connectivity index (χ1n) is 28.3. The SMILES string of the molecule is Cc1cc2cc(S(=O)(=O)O)c(N=Nc3ccc(S(=O)(=O)Nc4ccc(NS(=O)(=O)c5ccc(N=Nc6c(S(=O)(=O)O)cc7cc(C)c(N=Nc8ccc(S(=O)(=O)c9ccccc9)cc8)c(N)c7c6O)cc5)cc4)cc3)c(O)c2c(N)c1N=Nc1ccc(S(=O)(=O)c2ccccc2)cc1. The number of nitrogens with zero attached hydrogens (tertiary/aromatic N) is 8. The number of anilines is 4. The lowest BCUT2D eigenvalue weighted by molar-refractivity contribution is 0.472. The minimum atomic E-state index is -5.09. The van der Waals surface area contributed by atoms with Gasteiger partial charge in [0.2, 0.25) is 19.7 Å². The maximum absolute atomic E-state index is 13.5. The fourth-order valence-electron chi connectivity index (χ4n) is 9.92. The van der Waals surface area contributed by atoms with Gasteiger partial charge in [-0.2, -0.15) is 37.3 Å². The molecule has 0 saturated carbocycles. The minimum absolute atomic E-state index is 0.00146. The van der Waals surface area contributed by atoms with E-state index < -0.39 is 92.6 Å². The number of aryl methyl sites for hydroxylation is 2. The Labute approximate surface area is 559 Å². The number of phenols is 2. The maximum atomic E-state index is 13.5. The molecule has 0 aliphatic carbocycles. The van der Waals surface area contributed by atoms with E-state index in [0.717, 1.165) is 36.4 Å². The fraction of sp³-hybridized carbons (Fsp3) is 0.0312. The van der Waals surface area contributed by atoms with Crippen LogP contribution in [-0.4, -0.2) is 69.8 Å². The predicted molar refractivity (Wildman–Crippen MR) is 363 cm³/mol. The quantitative estimate of drug-likeness (QED) is 0.0200. The second-order valence-electron chi connectivity index (χ2n) is 21.4. The molecule has 0 atom stereocenters. The van der Waals surface area contributed by atoms with Gasteiger partial charge in [-0.3, -0.25) is 18.5 Å². The van der Waals surface area contributed by atoms with E-state index in [1.807, 2.05) is 0 Å². The summed E-state index contributed by atoms with van der Waals surface area (Å²) in [5.74, 6) is -1.65. The first-order valence-corrected chi connectivity index (χ1v) is 37.1. The zero-order valence-corrected chi connectivity index (χ0v) is 55.4. The van der Waals surface area contributed by atoms with Crippen LogP contribution in [-0.2, 0) is 60.0 Å². The molecule has 0 heterocycles. The molecule has 0 aliphatic heterocycles. The topological polar surface area (TPSA) is 461 Å². The fourth-order valence-corrected chi connectivity index (χ4v) is 15.9. The lowest BCUT2D eigenvalue weighted by Gasteiger charge is -2.13. The number of sulfone groups is 2. The summed E-state index contributed by atoms with van der Waals surface area (Å²) in [4.78, 5) is -2.07. The molecule has 98 heavy (non-hydrogen) atoms. The molecule has 0 spiro atoms. The molecule has 0 radical (unpaired) electrons. The van der Waals surface area contributed by atoms with Crippen molar-refractivity contribution >= 4 is 150 Å². The molecule has 11 aromatic rings. The molecule has 0 fully saturated rings. The molecule has 0 amide bonds. The number of hydrogen-bond acceptors (Lipinski definition) is 24. The highest BCUT2D eigenvalue weighted by Crippen LogP contribution is 2.49. The van der Waals surface area contributed by atoms with Crippen LogP contribution in [0.4, 0.5) is 68.2 Å². The van der Waals surface area contributed by atoms with Gasteiger partial charge in [-0.15, -0.1) is 20.5 Å². The average Bonchev–Trinajstić information content (AvgIpc) is 0.765. The number of sulfonamides is 2. The summed E-state index contributed by atoms with van der Waals surface area (Å²) in [6, 6.07) is 46.0. The number of hydrogen-bond donors (Lipinski definition) is 8. The van der Waals surface area contributed by atoms with Gasteiger partial charge < -0.3 is 21.7 Å². The number of aromatic hydroxyl groups is 2. The van der Waals surface area contributed by atoms with Crippen LogP contribution in [0.25, 0.3) is 21.5 Å². The second kappa shape index (κ2) is 26.4. The Bertz CT molecular complexity index is 5520. The lowest BCUT2D eigenvalue weighted by Crippen LogP contribution is -2.14. The summed E-state index contributed by atoms with van der Waals surface area (Å²) in [5.41, 5.74) is 12.4. The van der Waals surface area contributed by atoms with Crippen molar-refractivity contribution < 1.29 is 69.8 Å². The van der Waals surface area contributed by atoms with Crippen molar-refractivity contribution in [2.45, 2.75) is 53.0 Å². The Balaban J connectivity index is 0.749. The van der Waals surface area contributed by atoms with Gasteiger partial charge in [0.25, 0.3) is 40.3 Å². The number of benzene rings is 11. The number of nitrogens with one attached hydrogen (secondary N) is 2. The Hall–Kier alpha value is -11.2. The van der Waals surface area contributed by atoms with Crippen molar-refractivity contribution in [2.75, 3.05) is 20.9 Å².